The van der Waals surface area contributed by atoms with Crippen molar-refractivity contribution in [3.63, 3.8) is 0 Å². The Kier molecular flexibility index (Phi) is 5.48. The number of halogens is 1. The summed E-state index contributed by atoms with van der Waals surface area (Å²) >= 11 is 1.16. The second-order valence-corrected chi connectivity index (χ2v) is 5.11. The lowest BCUT2D eigenvalue weighted by Gasteiger charge is -2.07. The number of aryl methyl sites for hydroxylation is 1. The van der Waals surface area contributed by atoms with Crippen LogP contribution in [0.3, 0.4) is 0 Å². The Morgan fingerprint density at radius 2 is 2.14 bits per heavy atom. The van der Waals surface area contributed by atoms with Gasteiger partial charge in [-0.05, 0) is 19.1 Å². The molecule has 0 fully saturated rings. The molecule has 0 atom stereocenters. The van der Waals surface area contributed by atoms with Crippen LogP contribution in [0.5, 0.6) is 0 Å². The number of aromatic nitrogens is 3. The molecule has 1 heterocycles. The van der Waals surface area contributed by atoms with Crippen molar-refractivity contribution in [3.05, 3.63) is 36.4 Å². The van der Waals surface area contributed by atoms with Gasteiger partial charge in [0, 0.05) is 6.54 Å². The fraction of sp³-hybridized carbons (Fsp3) is 0.231. The van der Waals surface area contributed by atoms with E-state index in [-0.39, 0.29) is 11.4 Å². The summed E-state index contributed by atoms with van der Waals surface area (Å²) in [5.74, 6) is -1.08. The van der Waals surface area contributed by atoms with E-state index < -0.39 is 17.8 Å². The Hall–Kier alpha value is -2.42. The number of carbonyl (C=O) groups is 2. The van der Waals surface area contributed by atoms with Crippen LogP contribution in [-0.2, 0) is 11.3 Å². The van der Waals surface area contributed by atoms with Crippen LogP contribution < -0.4 is 10.6 Å². The fourth-order valence-corrected chi connectivity index (χ4v) is 2.36. The molecule has 1 aromatic heterocycles. The molecular weight excluding hydrogens is 309 g/mol. The van der Waals surface area contributed by atoms with Crippen LogP contribution in [0.4, 0.5) is 14.9 Å². The topological polar surface area (TPSA) is 88.9 Å². The predicted molar refractivity (Wildman–Crippen MR) is 80.0 cm³/mol. The number of hydrogen-bond donors (Lipinski definition) is 2. The highest BCUT2D eigenvalue weighted by Crippen LogP contribution is 2.14. The van der Waals surface area contributed by atoms with Crippen molar-refractivity contribution in [2.24, 2.45) is 0 Å². The largest absolute Gasteiger partial charge is 0.325 e. The fourth-order valence-electron chi connectivity index (χ4n) is 1.58. The molecule has 0 aliphatic heterocycles. The van der Waals surface area contributed by atoms with E-state index in [0.29, 0.717) is 11.7 Å². The highest BCUT2D eigenvalue weighted by molar-refractivity contribution is 7.99. The number of rotatable bonds is 5. The third-order valence-corrected chi connectivity index (χ3v) is 3.61. The van der Waals surface area contributed by atoms with Crippen LogP contribution in [0.2, 0.25) is 0 Å². The number of imide groups is 1. The van der Waals surface area contributed by atoms with Gasteiger partial charge < -0.3 is 9.88 Å². The van der Waals surface area contributed by atoms with E-state index in [1.807, 2.05) is 6.92 Å². The number of amides is 3. The minimum atomic E-state index is -0.785. The molecule has 2 aromatic rings. The van der Waals surface area contributed by atoms with E-state index >= 15 is 0 Å². The van der Waals surface area contributed by atoms with Crippen molar-refractivity contribution in [2.75, 3.05) is 11.1 Å². The average molecular weight is 323 g/mol. The molecule has 2 N–H and O–H groups in total. The van der Waals surface area contributed by atoms with Gasteiger partial charge in [-0.25, -0.2) is 9.18 Å². The highest BCUT2D eigenvalue weighted by Gasteiger charge is 2.12. The van der Waals surface area contributed by atoms with Gasteiger partial charge in [-0.1, -0.05) is 23.9 Å². The Morgan fingerprint density at radius 3 is 2.86 bits per heavy atom. The number of thioether (sulfide) groups is 1. The van der Waals surface area contributed by atoms with Gasteiger partial charge in [-0.3, -0.25) is 10.1 Å². The van der Waals surface area contributed by atoms with Crippen LogP contribution >= 0.6 is 11.8 Å². The minimum absolute atomic E-state index is 0.00336. The summed E-state index contributed by atoms with van der Waals surface area (Å²) in [5.41, 5.74) is 0.00572. The lowest BCUT2D eigenvalue weighted by atomic mass is 10.3. The van der Waals surface area contributed by atoms with Crippen LogP contribution in [0, 0.1) is 5.82 Å². The molecule has 116 valence electrons. The van der Waals surface area contributed by atoms with Crippen LogP contribution in [0.25, 0.3) is 0 Å². The summed E-state index contributed by atoms with van der Waals surface area (Å²) in [6.07, 6.45) is 1.56. The van der Waals surface area contributed by atoms with Crippen molar-refractivity contribution < 1.29 is 14.0 Å². The minimum Gasteiger partial charge on any atom is -0.309 e. The predicted octanol–water partition coefficient (Wildman–Crippen LogP) is 1.88. The number of nitrogens with zero attached hydrogens (tertiary/aromatic N) is 3. The summed E-state index contributed by atoms with van der Waals surface area (Å²) in [5, 5.41) is 12.6. The molecule has 0 unspecified atom stereocenters. The zero-order valence-corrected chi connectivity index (χ0v) is 12.6. The standard InChI is InChI=1S/C13H14FN5O2S/c1-2-19-8-15-18-13(19)22-7-11(20)17-12(21)16-10-6-4-3-5-9(10)14/h3-6,8H,2,7H2,1H3,(H2,16,17,20,21). The Morgan fingerprint density at radius 1 is 1.36 bits per heavy atom. The second kappa shape index (κ2) is 7.55. The molecule has 3 amide bonds. The van der Waals surface area contributed by atoms with Crippen molar-refractivity contribution >= 4 is 29.4 Å². The maximum Gasteiger partial charge on any atom is 0.325 e. The molecule has 0 aliphatic carbocycles. The van der Waals surface area contributed by atoms with Crippen LogP contribution in [0.1, 0.15) is 6.92 Å². The molecule has 22 heavy (non-hydrogen) atoms. The number of carbonyl (C=O) groups excluding carboxylic acids is 2. The Labute approximate surface area is 130 Å². The Bertz CT molecular complexity index is 676. The molecule has 0 aliphatic rings. The van der Waals surface area contributed by atoms with Gasteiger partial charge in [0.15, 0.2) is 5.16 Å². The van der Waals surface area contributed by atoms with Crippen molar-refractivity contribution in [2.45, 2.75) is 18.6 Å². The van der Waals surface area contributed by atoms with Crippen LogP contribution in [-0.4, -0.2) is 32.5 Å². The zero-order chi connectivity index (χ0) is 15.9. The smallest absolute Gasteiger partial charge is 0.309 e. The molecule has 1 aromatic carbocycles. The first kappa shape index (κ1) is 16.0. The van der Waals surface area contributed by atoms with Gasteiger partial charge in [0.2, 0.25) is 5.91 Å². The summed E-state index contributed by atoms with van der Waals surface area (Å²) in [6.45, 7) is 2.61. The molecule has 0 radical (unpaired) electrons. The average Bonchev–Trinajstić information content (AvgIpc) is 2.95. The molecular formula is C13H14FN5O2S. The SMILES string of the molecule is CCn1cnnc1SCC(=O)NC(=O)Nc1ccccc1F. The maximum atomic E-state index is 13.4. The van der Waals surface area contributed by atoms with E-state index in [1.54, 1.807) is 17.0 Å². The van der Waals surface area contributed by atoms with E-state index in [0.717, 1.165) is 11.8 Å². The number of urea groups is 1. The monoisotopic (exact) mass is 323 g/mol. The number of benzene rings is 1. The van der Waals surface area contributed by atoms with Crippen LogP contribution in [0.15, 0.2) is 35.7 Å². The summed E-state index contributed by atoms with van der Waals surface area (Å²) < 4.78 is 15.1. The summed E-state index contributed by atoms with van der Waals surface area (Å²) in [6, 6.07) is 4.91. The highest BCUT2D eigenvalue weighted by atomic mass is 32.2. The summed E-state index contributed by atoms with van der Waals surface area (Å²) in [4.78, 5) is 23.3. The van der Waals surface area contributed by atoms with Crippen molar-refractivity contribution in [1.29, 1.82) is 0 Å². The van der Waals surface area contributed by atoms with Gasteiger partial charge >= 0.3 is 6.03 Å². The number of nitrogens with one attached hydrogen (secondary N) is 2. The third kappa shape index (κ3) is 4.29. The first-order valence-electron chi connectivity index (χ1n) is 6.46. The van der Waals surface area contributed by atoms with Crippen molar-refractivity contribution in [1.82, 2.24) is 20.1 Å². The van der Waals surface area contributed by atoms with Gasteiger partial charge in [-0.15, -0.1) is 10.2 Å². The molecule has 2 rings (SSSR count). The van der Waals surface area contributed by atoms with Crippen molar-refractivity contribution in [3.8, 4) is 0 Å². The van der Waals surface area contributed by atoms with Gasteiger partial charge in [0.25, 0.3) is 0 Å². The number of para-hydroxylation sites is 1. The first-order chi connectivity index (χ1) is 10.6. The lowest BCUT2D eigenvalue weighted by molar-refractivity contribution is -0.117. The maximum absolute atomic E-state index is 13.4. The van der Waals surface area contributed by atoms with Gasteiger partial charge in [-0.2, -0.15) is 0 Å². The van der Waals surface area contributed by atoms with Gasteiger partial charge in [0.1, 0.15) is 12.1 Å². The molecule has 7 nitrogen and oxygen atoms in total. The van der Waals surface area contributed by atoms with E-state index in [4.69, 9.17) is 0 Å². The lowest BCUT2D eigenvalue weighted by Crippen LogP contribution is -2.35. The zero-order valence-electron chi connectivity index (χ0n) is 11.7. The third-order valence-electron chi connectivity index (χ3n) is 2.63. The normalized spacial score (nSPS) is 10.3. The molecule has 9 heteroatoms. The Balaban J connectivity index is 1.82. The molecule has 0 saturated heterocycles. The number of anilines is 1. The summed E-state index contributed by atoms with van der Waals surface area (Å²) in [7, 11) is 0. The molecule has 0 bridgehead atoms. The molecule has 0 saturated carbocycles. The first-order valence-corrected chi connectivity index (χ1v) is 7.44. The quantitative estimate of drug-likeness (QED) is 0.820. The van der Waals surface area contributed by atoms with E-state index in [2.05, 4.69) is 20.8 Å². The number of hydrogen-bond acceptors (Lipinski definition) is 5. The van der Waals surface area contributed by atoms with Gasteiger partial charge in [0.05, 0.1) is 11.4 Å². The molecule has 0 spiro atoms. The van der Waals surface area contributed by atoms with E-state index in [1.165, 1.54) is 18.2 Å². The second-order valence-electron chi connectivity index (χ2n) is 4.17. The van der Waals surface area contributed by atoms with E-state index in [9.17, 15) is 14.0 Å².